The Morgan fingerprint density at radius 2 is 1.89 bits per heavy atom. The van der Waals surface area contributed by atoms with Crippen molar-refractivity contribution in [3.63, 3.8) is 0 Å². The van der Waals surface area contributed by atoms with Crippen LogP contribution < -0.4 is 5.32 Å². The molecule has 0 aromatic carbocycles. The molecule has 3 atom stereocenters. The van der Waals surface area contributed by atoms with Crippen LogP contribution in [0.25, 0.3) is 0 Å². The van der Waals surface area contributed by atoms with E-state index in [0.717, 1.165) is 25.4 Å². The van der Waals surface area contributed by atoms with E-state index in [0.29, 0.717) is 17.6 Å². The van der Waals surface area contributed by atoms with Gasteiger partial charge >= 0.3 is 0 Å². The van der Waals surface area contributed by atoms with Crippen LogP contribution >= 0.6 is 0 Å². The first-order valence-electron chi connectivity index (χ1n) is 7.39. The second-order valence-electron chi connectivity index (χ2n) is 5.77. The van der Waals surface area contributed by atoms with Crippen molar-refractivity contribution in [2.75, 3.05) is 24.6 Å². The lowest BCUT2D eigenvalue weighted by molar-refractivity contribution is 0.181. The minimum absolute atomic E-state index is 0.285. The minimum Gasteiger partial charge on any atom is -0.317 e. The molecular weight excluding hydrogens is 246 g/mol. The molecule has 1 aliphatic carbocycles. The van der Waals surface area contributed by atoms with Gasteiger partial charge in [0, 0.05) is 5.75 Å². The number of sulfone groups is 1. The van der Waals surface area contributed by atoms with Gasteiger partial charge < -0.3 is 5.32 Å². The minimum atomic E-state index is -2.80. The first-order valence-corrected chi connectivity index (χ1v) is 9.21. The van der Waals surface area contributed by atoms with Crippen molar-refractivity contribution in [1.82, 2.24) is 5.32 Å². The average molecular weight is 275 g/mol. The largest absolute Gasteiger partial charge is 0.317 e. The van der Waals surface area contributed by atoms with E-state index in [2.05, 4.69) is 19.2 Å². The summed E-state index contributed by atoms with van der Waals surface area (Å²) in [5, 5.41) is 3.42. The molecule has 3 unspecified atom stereocenters. The summed E-state index contributed by atoms with van der Waals surface area (Å²) < 4.78 is 23.3. The van der Waals surface area contributed by atoms with E-state index in [-0.39, 0.29) is 5.75 Å². The fourth-order valence-corrected chi connectivity index (χ4v) is 3.94. The van der Waals surface area contributed by atoms with Gasteiger partial charge in [0.25, 0.3) is 0 Å². The standard InChI is InChI=1S/C14H29NO2S/c1-4-15-11-14-7-6-12(3)10-13(14)8-9-18(16,17)5-2/h12-15H,4-11H2,1-3H3. The fourth-order valence-electron chi connectivity index (χ4n) is 2.99. The van der Waals surface area contributed by atoms with Gasteiger partial charge in [0.15, 0.2) is 0 Å². The molecule has 0 saturated heterocycles. The summed E-state index contributed by atoms with van der Waals surface area (Å²) in [5.41, 5.74) is 0. The van der Waals surface area contributed by atoms with Crippen LogP contribution in [-0.4, -0.2) is 33.0 Å². The van der Waals surface area contributed by atoms with Crippen molar-refractivity contribution in [3.8, 4) is 0 Å². The first-order chi connectivity index (χ1) is 8.48. The number of hydrogen-bond donors (Lipinski definition) is 1. The molecule has 0 aliphatic heterocycles. The molecule has 1 rings (SSSR count). The number of hydrogen-bond acceptors (Lipinski definition) is 3. The maximum atomic E-state index is 11.6. The average Bonchev–Trinajstić information content (AvgIpc) is 2.35. The lowest BCUT2D eigenvalue weighted by Crippen LogP contribution is -2.33. The monoisotopic (exact) mass is 275 g/mol. The summed E-state index contributed by atoms with van der Waals surface area (Å²) in [4.78, 5) is 0. The van der Waals surface area contributed by atoms with Gasteiger partial charge in [0.1, 0.15) is 9.84 Å². The molecule has 108 valence electrons. The van der Waals surface area contributed by atoms with Crippen LogP contribution in [0.3, 0.4) is 0 Å². The molecule has 18 heavy (non-hydrogen) atoms. The van der Waals surface area contributed by atoms with Gasteiger partial charge in [-0.2, -0.15) is 0 Å². The van der Waals surface area contributed by atoms with Crippen molar-refractivity contribution >= 4 is 9.84 Å². The lowest BCUT2D eigenvalue weighted by atomic mass is 9.73. The molecule has 0 heterocycles. The third-order valence-corrected chi connectivity index (χ3v) is 6.04. The van der Waals surface area contributed by atoms with Crippen LogP contribution in [0.2, 0.25) is 0 Å². The summed E-state index contributed by atoms with van der Waals surface area (Å²) >= 11 is 0. The smallest absolute Gasteiger partial charge is 0.150 e. The Morgan fingerprint density at radius 1 is 1.17 bits per heavy atom. The van der Waals surface area contributed by atoms with E-state index in [1.54, 1.807) is 6.92 Å². The molecule has 3 nitrogen and oxygen atoms in total. The Labute approximate surface area is 113 Å². The topological polar surface area (TPSA) is 46.2 Å². The quantitative estimate of drug-likeness (QED) is 0.776. The van der Waals surface area contributed by atoms with Gasteiger partial charge in [0.2, 0.25) is 0 Å². The zero-order valence-electron chi connectivity index (χ0n) is 12.1. The Bertz CT molecular complexity index is 325. The molecular formula is C14H29NO2S. The Hall–Kier alpha value is -0.0900. The molecule has 1 fully saturated rings. The van der Waals surface area contributed by atoms with E-state index in [1.165, 1.54) is 19.3 Å². The Balaban J connectivity index is 2.51. The first kappa shape index (κ1) is 16.0. The van der Waals surface area contributed by atoms with Crippen LogP contribution in [-0.2, 0) is 9.84 Å². The highest BCUT2D eigenvalue weighted by molar-refractivity contribution is 7.91. The van der Waals surface area contributed by atoms with E-state index in [4.69, 9.17) is 0 Å². The highest BCUT2D eigenvalue weighted by Crippen LogP contribution is 2.35. The second-order valence-corrected chi connectivity index (χ2v) is 8.24. The van der Waals surface area contributed by atoms with E-state index in [1.807, 2.05) is 0 Å². The summed E-state index contributed by atoms with van der Waals surface area (Å²) in [7, 11) is -2.80. The van der Waals surface area contributed by atoms with Crippen molar-refractivity contribution in [2.45, 2.75) is 46.5 Å². The highest BCUT2D eigenvalue weighted by atomic mass is 32.2. The molecule has 4 heteroatoms. The van der Waals surface area contributed by atoms with Crippen LogP contribution in [0.15, 0.2) is 0 Å². The van der Waals surface area contributed by atoms with Crippen LogP contribution in [0.4, 0.5) is 0 Å². The maximum absolute atomic E-state index is 11.6. The molecule has 0 radical (unpaired) electrons. The summed E-state index contributed by atoms with van der Waals surface area (Å²) in [5.74, 6) is 2.69. The van der Waals surface area contributed by atoms with Gasteiger partial charge in [0.05, 0.1) is 5.75 Å². The van der Waals surface area contributed by atoms with Crippen molar-refractivity contribution < 1.29 is 8.42 Å². The maximum Gasteiger partial charge on any atom is 0.150 e. The molecule has 1 saturated carbocycles. The molecule has 0 bridgehead atoms. The highest BCUT2D eigenvalue weighted by Gasteiger charge is 2.29. The van der Waals surface area contributed by atoms with Gasteiger partial charge in [-0.15, -0.1) is 0 Å². The molecule has 0 aromatic rings. The SMILES string of the molecule is CCNCC1CCC(C)CC1CCS(=O)(=O)CC. The molecule has 0 amide bonds. The summed E-state index contributed by atoms with van der Waals surface area (Å²) in [6.45, 7) is 8.23. The van der Waals surface area contributed by atoms with E-state index < -0.39 is 9.84 Å². The fraction of sp³-hybridized carbons (Fsp3) is 1.00. The van der Waals surface area contributed by atoms with Crippen molar-refractivity contribution in [3.05, 3.63) is 0 Å². The Kier molecular flexibility index (Phi) is 6.64. The van der Waals surface area contributed by atoms with Gasteiger partial charge in [-0.25, -0.2) is 8.42 Å². The molecule has 0 aromatic heterocycles. The third-order valence-electron chi connectivity index (χ3n) is 4.30. The van der Waals surface area contributed by atoms with E-state index in [9.17, 15) is 8.42 Å². The van der Waals surface area contributed by atoms with Crippen LogP contribution in [0.1, 0.15) is 46.5 Å². The lowest BCUT2D eigenvalue weighted by Gasteiger charge is -2.35. The van der Waals surface area contributed by atoms with E-state index >= 15 is 0 Å². The number of nitrogens with one attached hydrogen (secondary N) is 1. The normalized spacial score (nSPS) is 29.4. The summed E-state index contributed by atoms with van der Waals surface area (Å²) in [6.07, 6.45) is 4.62. The van der Waals surface area contributed by atoms with Crippen LogP contribution in [0, 0.1) is 17.8 Å². The molecule has 1 aliphatic rings. The van der Waals surface area contributed by atoms with Crippen molar-refractivity contribution in [1.29, 1.82) is 0 Å². The predicted molar refractivity (Wildman–Crippen MR) is 77.5 cm³/mol. The van der Waals surface area contributed by atoms with Gasteiger partial charge in [-0.05, 0) is 50.1 Å². The van der Waals surface area contributed by atoms with Crippen LogP contribution in [0.5, 0.6) is 0 Å². The summed E-state index contributed by atoms with van der Waals surface area (Å²) in [6, 6.07) is 0. The van der Waals surface area contributed by atoms with Gasteiger partial charge in [-0.3, -0.25) is 0 Å². The third kappa shape index (κ3) is 5.27. The van der Waals surface area contributed by atoms with Gasteiger partial charge in [-0.1, -0.05) is 27.2 Å². The predicted octanol–water partition coefficient (Wildman–Crippen LogP) is 2.47. The number of rotatable bonds is 7. The van der Waals surface area contributed by atoms with Crippen molar-refractivity contribution in [2.24, 2.45) is 17.8 Å². The zero-order valence-corrected chi connectivity index (χ0v) is 12.9. The second kappa shape index (κ2) is 7.49. The molecule has 1 N–H and O–H groups in total. The molecule has 0 spiro atoms. The zero-order chi connectivity index (χ0) is 13.6. The Morgan fingerprint density at radius 3 is 2.50 bits per heavy atom.